The molecule has 0 unspecified atom stereocenters. The molecule has 0 aliphatic rings. The molecule has 6 nitrogen and oxygen atoms in total. The number of hydrogen-bond donors (Lipinski definition) is 2. The van der Waals surface area contributed by atoms with Gasteiger partial charge in [-0.15, -0.1) is 5.10 Å². The van der Waals surface area contributed by atoms with Crippen LogP contribution in [-0.4, -0.2) is 27.9 Å². The van der Waals surface area contributed by atoms with Crippen LogP contribution in [0.25, 0.3) is 0 Å². The smallest absolute Gasteiger partial charge is 0.230 e. The Balaban J connectivity index is 1.90. The lowest BCUT2D eigenvalue weighted by molar-refractivity contribution is -0.115. The first-order chi connectivity index (χ1) is 8.78. The highest BCUT2D eigenvalue weighted by molar-refractivity contribution is 5.91. The maximum Gasteiger partial charge on any atom is 0.230 e. The van der Waals surface area contributed by atoms with Crippen molar-refractivity contribution in [3.05, 3.63) is 36.0 Å². The summed E-state index contributed by atoms with van der Waals surface area (Å²) in [4.78, 5) is 11.7. The molecule has 0 bridgehead atoms. The van der Waals surface area contributed by atoms with Crippen molar-refractivity contribution in [3.63, 3.8) is 0 Å². The maximum atomic E-state index is 11.7. The van der Waals surface area contributed by atoms with Crippen molar-refractivity contribution in [1.82, 2.24) is 15.4 Å². The number of H-pyrrole nitrogens is 1. The normalized spacial score (nSPS) is 10.1. The molecule has 1 aromatic heterocycles. The minimum atomic E-state index is -0.131. The van der Waals surface area contributed by atoms with Crippen molar-refractivity contribution >= 4 is 11.7 Å². The fraction of sp³-hybridized carbons (Fsp3) is 0.250. The van der Waals surface area contributed by atoms with Crippen LogP contribution in [-0.2, 0) is 11.2 Å². The highest BCUT2D eigenvalue weighted by Gasteiger charge is 2.05. The Labute approximate surface area is 104 Å². The summed E-state index contributed by atoms with van der Waals surface area (Å²) in [5, 5.41) is 12.4. The first-order valence-electron chi connectivity index (χ1n) is 5.65. The molecule has 1 heterocycles. The summed E-state index contributed by atoms with van der Waals surface area (Å²) < 4.78 is 5.33. The van der Waals surface area contributed by atoms with Gasteiger partial charge < -0.3 is 10.1 Å². The molecule has 1 aromatic carbocycles. The Bertz CT molecular complexity index is 493. The summed E-state index contributed by atoms with van der Waals surface area (Å²) in [6.07, 6.45) is 1.75. The summed E-state index contributed by atoms with van der Waals surface area (Å²) in [5.41, 5.74) is 0.916. The second-order valence-corrected chi connectivity index (χ2v) is 3.66. The number of aromatic amines is 1. The Morgan fingerprint density at radius 2 is 2.17 bits per heavy atom. The molecule has 18 heavy (non-hydrogen) atoms. The van der Waals surface area contributed by atoms with E-state index in [1.165, 1.54) is 6.20 Å². The molecule has 2 rings (SSSR count). The van der Waals surface area contributed by atoms with E-state index in [1.807, 2.05) is 31.2 Å². The molecule has 1 amide bonds. The molecule has 0 radical (unpaired) electrons. The molecular weight excluding hydrogens is 232 g/mol. The Morgan fingerprint density at radius 1 is 1.39 bits per heavy atom. The van der Waals surface area contributed by atoms with E-state index in [0.29, 0.717) is 18.8 Å². The van der Waals surface area contributed by atoms with Gasteiger partial charge in [-0.3, -0.25) is 4.79 Å². The second-order valence-electron chi connectivity index (χ2n) is 3.66. The molecule has 94 valence electrons. The predicted octanol–water partition coefficient (Wildman–Crippen LogP) is 1.38. The van der Waals surface area contributed by atoms with Crippen LogP contribution in [0.5, 0.6) is 5.75 Å². The van der Waals surface area contributed by atoms with Crippen LogP contribution < -0.4 is 10.1 Å². The fourth-order valence-electron chi connectivity index (χ4n) is 1.50. The molecule has 0 atom stereocenters. The zero-order valence-corrected chi connectivity index (χ0v) is 10.0. The Hall–Kier alpha value is -2.37. The van der Waals surface area contributed by atoms with E-state index >= 15 is 0 Å². The van der Waals surface area contributed by atoms with Gasteiger partial charge in [0.2, 0.25) is 5.91 Å². The van der Waals surface area contributed by atoms with Gasteiger partial charge in [-0.1, -0.05) is 12.1 Å². The summed E-state index contributed by atoms with van der Waals surface area (Å²) in [6, 6.07) is 7.44. The van der Waals surface area contributed by atoms with E-state index < -0.39 is 0 Å². The van der Waals surface area contributed by atoms with Crippen molar-refractivity contribution in [1.29, 1.82) is 0 Å². The average Bonchev–Trinajstić information content (AvgIpc) is 2.84. The van der Waals surface area contributed by atoms with Gasteiger partial charge in [-0.2, -0.15) is 10.3 Å². The van der Waals surface area contributed by atoms with E-state index in [0.717, 1.165) is 11.3 Å². The van der Waals surface area contributed by atoms with Crippen LogP contribution in [0.1, 0.15) is 12.5 Å². The number of benzene rings is 1. The summed E-state index contributed by atoms with van der Waals surface area (Å²) in [5.74, 6) is 1.09. The van der Waals surface area contributed by atoms with Gasteiger partial charge in [0.05, 0.1) is 19.2 Å². The Kier molecular flexibility index (Phi) is 3.90. The molecule has 0 spiro atoms. The van der Waals surface area contributed by atoms with Crippen molar-refractivity contribution in [2.45, 2.75) is 13.3 Å². The fourth-order valence-corrected chi connectivity index (χ4v) is 1.50. The first kappa shape index (κ1) is 12.1. The third-order valence-corrected chi connectivity index (χ3v) is 2.28. The van der Waals surface area contributed by atoms with Crippen LogP contribution in [0, 0.1) is 0 Å². The highest BCUT2D eigenvalue weighted by Crippen LogP contribution is 2.12. The minimum absolute atomic E-state index is 0.131. The molecule has 0 saturated heterocycles. The number of amides is 1. The molecule has 2 aromatic rings. The maximum absolute atomic E-state index is 11.7. The SMILES string of the molecule is CCOc1ccc(CC(=O)Nc2cn[nH]n2)cc1. The molecular formula is C12H14N4O2. The monoisotopic (exact) mass is 246 g/mol. The van der Waals surface area contributed by atoms with Gasteiger partial charge in [-0.05, 0) is 24.6 Å². The Morgan fingerprint density at radius 3 is 2.78 bits per heavy atom. The molecule has 0 saturated carbocycles. The number of hydrogen-bond acceptors (Lipinski definition) is 4. The molecule has 0 aliphatic heterocycles. The van der Waals surface area contributed by atoms with E-state index in [9.17, 15) is 4.79 Å². The van der Waals surface area contributed by atoms with Gasteiger partial charge in [0.1, 0.15) is 5.75 Å². The lowest BCUT2D eigenvalue weighted by Crippen LogP contribution is -2.14. The van der Waals surface area contributed by atoms with Crippen molar-refractivity contribution in [3.8, 4) is 5.75 Å². The van der Waals surface area contributed by atoms with Gasteiger partial charge in [0.25, 0.3) is 0 Å². The van der Waals surface area contributed by atoms with Crippen molar-refractivity contribution in [2.75, 3.05) is 11.9 Å². The summed E-state index contributed by atoms with van der Waals surface area (Å²) >= 11 is 0. The van der Waals surface area contributed by atoms with Crippen LogP contribution in [0.15, 0.2) is 30.5 Å². The largest absolute Gasteiger partial charge is 0.494 e. The van der Waals surface area contributed by atoms with E-state index in [4.69, 9.17) is 4.74 Å². The van der Waals surface area contributed by atoms with Crippen LogP contribution in [0.4, 0.5) is 5.82 Å². The van der Waals surface area contributed by atoms with E-state index in [-0.39, 0.29) is 5.91 Å². The molecule has 0 fully saturated rings. The number of nitrogens with zero attached hydrogens (tertiary/aromatic N) is 2. The topological polar surface area (TPSA) is 79.9 Å². The van der Waals surface area contributed by atoms with E-state index in [2.05, 4.69) is 20.7 Å². The van der Waals surface area contributed by atoms with Crippen LogP contribution in [0.3, 0.4) is 0 Å². The van der Waals surface area contributed by atoms with Gasteiger partial charge in [0, 0.05) is 0 Å². The number of anilines is 1. The lowest BCUT2D eigenvalue weighted by atomic mass is 10.1. The number of carbonyl (C=O) groups is 1. The number of rotatable bonds is 5. The van der Waals surface area contributed by atoms with Crippen molar-refractivity contribution in [2.24, 2.45) is 0 Å². The van der Waals surface area contributed by atoms with Crippen molar-refractivity contribution < 1.29 is 9.53 Å². The first-order valence-corrected chi connectivity index (χ1v) is 5.65. The van der Waals surface area contributed by atoms with Gasteiger partial charge >= 0.3 is 0 Å². The predicted molar refractivity (Wildman–Crippen MR) is 66.3 cm³/mol. The zero-order chi connectivity index (χ0) is 12.8. The van der Waals surface area contributed by atoms with Gasteiger partial charge in [-0.25, -0.2) is 0 Å². The number of nitrogens with one attached hydrogen (secondary N) is 2. The minimum Gasteiger partial charge on any atom is -0.494 e. The average molecular weight is 246 g/mol. The summed E-state index contributed by atoms with van der Waals surface area (Å²) in [6.45, 7) is 2.56. The zero-order valence-electron chi connectivity index (χ0n) is 10.0. The summed E-state index contributed by atoms with van der Waals surface area (Å²) in [7, 11) is 0. The second kappa shape index (κ2) is 5.81. The molecule has 2 N–H and O–H groups in total. The van der Waals surface area contributed by atoms with Crippen LogP contribution in [0.2, 0.25) is 0 Å². The quantitative estimate of drug-likeness (QED) is 0.835. The lowest BCUT2D eigenvalue weighted by Gasteiger charge is -2.05. The van der Waals surface area contributed by atoms with E-state index in [1.54, 1.807) is 0 Å². The number of aromatic nitrogens is 3. The standard InChI is InChI=1S/C12H14N4O2/c1-2-18-10-5-3-9(4-6-10)7-12(17)14-11-8-13-16-15-11/h3-6,8H,2,7H2,1H3,(H2,13,14,15,16,17). The highest BCUT2D eigenvalue weighted by atomic mass is 16.5. The molecule has 6 heteroatoms. The third-order valence-electron chi connectivity index (χ3n) is 2.28. The van der Waals surface area contributed by atoms with Gasteiger partial charge in [0.15, 0.2) is 5.82 Å². The number of carbonyl (C=O) groups excluding carboxylic acids is 1. The third kappa shape index (κ3) is 3.31. The molecule has 0 aliphatic carbocycles. The van der Waals surface area contributed by atoms with Crippen LogP contribution >= 0.6 is 0 Å². The number of ether oxygens (including phenoxy) is 1.